The van der Waals surface area contributed by atoms with Crippen molar-refractivity contribution in [2.24, 2.45) is 0 Å². The smallest absolute Gasteiger partial charge is 0.264 e. The Labute approximate surface area is 204 Å². The van der Waals surface area contributed by atoms with E-state index in [-0.39, 0.29) is 21.5 Å². The molecular weight excluding hydrogens is 474 g/mol. The molecule has 0 atom stereocenters. The molecule has 0 spiro atoms. The summed E-state index contributed by atoms with van der Waals surface area (Å²) in [6.45, 7) is 2.08. The lowest BCUT2D eigenvalue weighted by molar-refractivity contribution is -0.117. The first kappa shape index (κ1) is 23.8. The number of carbonyl (C=O) groups is 2. The highest BCUT2D eigenvalue weighted by Crippen LogP contribution is 2.31. The minimum Gasteiger partial charge on any atom is -0.325 e. The summed E-state index contributed by atoms with van der Waals surface area (Å²) in [6, 6.07) is 19.6. The van der Waals surface area contributed by atoms with Gasteiger partial charge >= 0.3 is 0 Å². The Balaban J connectivity index is 1.59. The van der Waals surface area contributed by atoms with Gasteiger partial charge in [0.05, 0.1) is 15.6 Å². The molecular formula is C25H24ClN3O4S. The summed E-state index contributed by atoms with van der Waals surface area (Å²) >= 11 is 6.30. The predicted molar refractivity (Wildman–Crippen MR) is 134 cm³/mol. The van der Waals surface area contributed by atoms with Gasteiger partial charge in [0.25, 0.3) is 10.0 Å². The van der Waals surface area contributed by atoms with Gasteiger partial charge in [0.2, 0.25) is 11.8 Å². The van der Waals surface area contributed by atoms with Crippen LogP contribution in [0.5, 0.6) is 0 Å². The number of carbonyl (C=O) groups excluding carboxylic acids is 2. The molecule has 176 valence electrons. The number of nitrogens with one attached hydrogen (secondary N) is 1. The molecule has 34 heavy (non-hydrogen) atoms. The number of aryl methyl sites for hydroxylation is 1. The summed E-state index contributed by atoms with van der Waals surface area (Å²) in [5.41, 5.74) is 2.37. The van der Waals surface area contributed by atoms with E-state index < -0.39 is 22.5 Å². The van der Waals surface area contributed by atoms with Gasteiger partial charge in [-0.15, -0.1) is 0 Å². The van der Waals surface area contributed by atoms with E-state index >= 15 is 0 Å². The van der Waals surface area contributed by atoms with Crippen LogP contribution in [0, 0.1) is 6.92 Å². The Morgan fingerprint density at radius 1 is 1.06 bits per heavy atom. The molecule has 2 amide bonds. The second kappa shape index (κ2) is 9.87. The molecule has 9 heteroatoms. The molecule has 1 fully saturated rings. The van der Waals surface area contributed by atoms with E-state index in [1.807, 2.05) is 6.92 Å². The highest BCUT2D eigenvalue weighted by atomic mass is 35.5. The van der Waals surface area contributed by atoms with Crippen LogP contribution in [0.15, 0.2) is 77.7 Å². The largest absolute Gasteiger partial charge is 0.325 e. The molecule has 7 nitrogen and oxygen atoms in total. The Hall–Kier alpha value is -3.36. The van der Waals surface area contributed by atoms with Crippen LogP contribution in [-0.4, -0.2) is 33.3 Å². The first-order chi connectivity index (χ1) is 16.3. The lowest BCUT2D eigenvalue weighted by Crippen LogP contribution is -2.38. The molecule has 0 aromatic heterocycles. The zero-order valence-corrected chi connectivity index (χ0v) is 20.1. The molecule has 3 aromatic carbocycles. The van der Waals surface area contributed by atoms with Crippen molar-refractivity contribution >= 4 is 50.5 Å². The number of sulfonamides is 1. The molecule has 1 saturated heterocycles. The van der Waals surface area contributed by atoms with E-state index in [4.69, 9.17) is 11.6 Å². The van der Waals surface area contributed by atoms with Gasteiger partial charge in [-0.2, -0.15) is 0 Å². The second-order valence-corrected chi connectivity index (χ2v) is 10.2. The number of hydrogen-bond acceptors (Lipinski definition) is 4. The van der Waals surface area contributed by atoms with E-state index in [1.165, 1.54) is 12.1 Å². The molecule has 0 unspecified atom stereocenters. The minimum atomic E-state index is -4.05. The Morgan fingerprint density at radius 3 is 2.41 bits per heavy atom. The summed E-state index contributed by atoms with van der Waals surface area (Å²) in [6.07, 6.45) is 1.36. The highest BCUT2D eigenvalue weighted by Gasteiger charge is 2.29. The molecule has 4 rings (SSSR count). The zero-order valence-electron chi connectivity index (χ0n) is 18.6. The van der Waals surface area contributed by atoms with Crippen LogP contribution in [0.25, 0.3) is 0 Å². The van der Waals surface area contributed by atoms with Crippen molar-refractivity contribution in [3.8, 4) is 0 Å². The molecule has 1 heterocycles. The van der Waals surface area contributed by atoms with Crippen LogP contribution in [0.2, 0.25) is 5.02 Å². The van der Waals surface area contributed by atoms with Crippen LogP contribution >= 0.6 is 11.6 Å². The Kier molecular flexibility index (Phi) is 6.90. The van der Waals surface area contributed by atoms with Crippen LogP contribution in [-0.2, 0) is 19.6 Å². The molecule has 1 N–H and O–H groups in total. The topological polar surface area (TPSA) is 86.8 Å². The van der Waals surface area contributed by atoms with Gasteiger partial charge in [0.15, 0.2) is 0 Å². The number of anilines is 3. The van der Waals surface area contributed by atoms with Gasteiger partial charge in [0.1, 0.15) is 6.54 Å². The van der Waals surface area contributed by atoms with Crippen molar-refractivity contribution in [3.05, 3.63) is 83.4 Å². The fourth-order valence-electron chi connectivity index (χ4n) is 3.94. The SMILES string of the molecule is Cc1cc(NC(=O)CN(c2ccccc2Cl)S(=O)(=O)c2ccccc2)ccc1N1CCCC1=O. The van der Waals surface area contributed by atoms with Gasteiger partial charge in [-0.05, 0) is 61.4 Å². The molecule has 0 saturated carbocycles. The number of para-hydroxylation sites is 1. The highest BCUT2D eigenvalue weighted by molar-refractivity contribution is 7.92. The van der Waals surface area contributed by atoms with E-state index in [2.05, 4.69) is 5.32 Å². The minimum absolute atomic E-state index is 0.0539. The summed E-state index contributed by atoms with van der Waals surface area (Å²) in [4.78, 5) is 26.8. The second-order valence-electron chi connectivity index (χ2n) is 7.97. The first-order valence-electron chi connectivity index (χ1n) is 10.8. The average Bonchev–Trinajstić information content (AvgIpc) is 3.24. The normalized spacial score (nSPS) is 13.7. The molecule has 0 radical (unpaired) electrons. The fourth-order valence-corrected chi connectivity index (χ4v) is 5.69. The van der Waals surface area contributed by atoms with Crippen molar-refractivity contribution < 1.29 is 18.0 Å². The monoisotopic (exact) mass is 497 g/mol. The third-order valence-corrected chi connectivity index (χ3v) is 7.68. The van der Waals surface area contributed by atoms with E-state index in [1.54, 1.807) is 65.6 Å². The van der Waals surface area contributed by atoms with Gasteiger partial charge < -0.3 is 10.2 Å². The molecule has 3 aromatic rings. The Bertz CT molecular complexity index is 1330. The third-order valence-electron chi connectivity index (χ3n) is 5.58. The van der Waals surface area contributed by atoms with Gasteiger partial charge in [-0.25, -0.2) is 8.42 Å². The van der Waals surface area contributed by atoms with E-state index in [9.17, 15) is 18.0 Å². The van der Waals surface area contributed by atoms with Gasteiger partial charge in [0, 0.05) is 24.3 Å². The number of hydrogen-bond donors (Lipinski definition) is 1. The van der Waals surface area contributed by atoms with Crippen molar-refractivity contribution in [1.82, 2.24) is 0 Å². The lowest BCUT2D eigenvalue weighted by Gasteiger charge is -2.25. The zero-order chi connectivity index (χ0) is 24.3. The maximum atomic E-state index is 13.4. The van der Waals surface area contributed by atoms with E-state index in [0.717, 1.165) is 22.0 Å². The van der Waals surface area contributed by atoms with Crippen molar-refractivity contribution in [2.75, 3.05) is 27.6 Å². The lowest BCUT2D eigenvalue weighted by atomic mass is 10.1. The van der Waals surface area contributed by atoms with Gasteiger partial charge in [-0.1, -0.05) is 41.9 Å². The summed E-state index contributed by atoms with van der Waals surface area (Å²) in [7, 11) is -4.05. The van der Waals surface area contributed by atoms with Crippen molar-refractivity contribution in [1.29, 1.82) is 0 Å². The van der Waals surface area contributed by atoms with Gasteiger partial charge in [-0.3, -0.25) is 13.9 Å². The fraction of sp³-hybridized carbons (Fsp3) is 0.200. The van der Waals surface area contributed by atoms with Crippen LogP contribution in [0.3, 0.4) is 0 Å². The molecule has 1 aliphatic rings. The molecule has 0 bridgehead atoms. The number of nitrogens with zero attached hydrogens (tertiary/aromatic N) is 2. The molecule has 1 aliphatic heterocycles. The summed E-state index contributed by atoms with van der Waals surface area (Å²) < 4.78 is 27.8. The third kappa shape index (κ3) is 4.93. The maximum Gasteiger partial charge on any atom is 0.264 e. The number of benzene rings is 3. The maximum absolute atomic E-state index is 13.4. The average molecular weight is 498 g/mol. The van der Waals surface area contributed by atoms with Crippen LogP contribution in [0.1, 0.15) is 18.4 Å². The van der Waals surface area contributed by atoms with Crippen molar-refractivity contribution in [2.45, 2.75) is 24.7 Å². The van der Waals surface area contributed by atoms with E-state index in [0.29, 0.717) is 18.7 Å². The summed E-state index contributed by atoms with van der Waals surface area (Å²) in [5, 5.41) is 2.98. The number of rotatable bonds is 7. The van der Waals surface area contributed by atoms with Crippen molar-refractivity contribution in [3.63, 3.8) is 0 Å². The molecule has 0 aliphatic carbocycles. The van der Waals surface area contributed by atoms with Crippen LogP contribution in [0.4, 0.5) is 17.1 Å². The van der Waals surface area contributed by atoms with Crippen LogP contribution < -0.4 is 14.5 Å². The predicted octanol–water partition coefficient (Wildman–Crippen LogP) is 4.61. The standard InChI is InChI=1S/C25H24ClN3O4S/c1-18-16-19(13-14-22(18)28-15-7-12-25(28)31)27-24(30)17-29(23-11-6-5-10-21(23)26)34(32,33)20-8-3-2-4-9-20/h2-6,8-11,13-14,16H,7,12,15,17H2,1H3,(H,27,30). The number of halogens is 1. The Morgan fingerprint density at radius 2 is 1.76 bits per heavy atom. The first-order valence-corrected chi connectivity index (χ1v) is 12.6. The number of amides is 2. The summed E-state index contributed by atoms with van der Waals surface area (Å²) in [5.74, 6) is -0.440. The quantitative estimate of drug-likeness (QED) is 0.516.